The van der Waals surface area contributed by atoms with Crippen LogP contribution >= 0.6 is 0 Å². The van der Waals surface area contributed by atoms with Crippen molar-refractivity contribution in [2.75, 3.05) is 0 Å². The van der Waals surface area contributed by atoms with Crippen LogP contribution in [0.15, 0.2) is 18.2 Å². The molecule has 1 aliphatic heterocycles. The number of phenols is 1. The monoisotopic (exact) mass is 340 g/mol. The molecule has 134 valence electrons. The van der Waals surface area contributed by atoms with Gasteiger partial charge in [0.2, 0.25) is 0 Å². The van der Waals surface area contributed by atoms with E-state index >= 15 is 0 Å². The van der Waals surface area contributed by atoms with Crippen molar-refractivity contribution in [2.45, 2.75) is 76.2 Å². The minimum atomic E-state index is -0.187. The van der Waals surface area contributed by atoms with Crippen LogP contribution in [0.1, 0.15) is 75.3 Å². The van der Waals surface area contributed by atoms with Crippen LogP contribution in [-0.4, -0.2) is 16.7 Å². The lowest BCUT2D eigenvalue weighted by atomic mass is 9.52. The zero-order valence-corrected chi connectivity index (χ0v) is 15.1. The molecule has 5 rings (SSSR count). The topological polar surface area (TPSA) is 46.5 Å². The van der Waals surface area contributed by atoms with E-state index in [4.69, 9.17) is 4.74 Å². The summed E-state index contributed by atoms with van der Waals surface area (Å²) in [6.45, 7) is 2.42. The number of carbonyl (C=O) groups excluding carboxylic acids is 1. The maximum absolute atomic E-state index is 12.1. The molecule has 0 bridgehead atoms. The number of carbonyl (C=O) groups is 1. The second kappa shape index (κ2) is 5.25. The molecule has 3 heteroatoms. The molecule has 0 aromatic heterocycles. The summed E-state index contributed by atoms with van der Waals surface area (Å²) in [4.78, 5) is 12.1. The first-order valence-electron chi connectivity index (χ1n) is 10.1. The van der Waals surface area contributed by atoms with Gasteiger partial charge in [0.1, 0.15) is 11.4 Å². The third-order valence-corrected chi connectivity index (χ3v) is 8.27. The predicted octanol–water partition coefficient (Wildman–Crippen LogP) is 4.71. The Morgan fingerprint density at radius 1 is 1.12 bits per heavy atom. The first-order chi connectivity index (χ1) is 12.0. The molecule has 3 nitrogen and oxygen atoms in total. The molecule has 1 aromatic carbocycles. The Labute approximate surface area is 149 Å². The van der Waals surface area contributed by atoms with E-state index in [1.165, 1.54) is 30.4 Å². The lowest BCUT2D eigenvalue weighted by molar-refractivity contribution is -0.190. The molecule has 1 N–H and O–H groups in total. The van der Waals surface area contributed by atoms with E-state index in [9.17, 15) is 9.90 Å². The standard InChI is InChI=1S/C22H28O3/c1-21-11-8-17-16-7-5-15(23)13-14(16)4-6-18(17)19(21)9-12-22(21)10-2-3-20(24)25-22/h5,7,13,17-19,23H,2-4,6,8-12H2,1H3/t17-,18-,19+,21+,22+/m1/s1. The summed E-state index contributed by atoms with van der Waals surface area (Å²) in [5.74, 6) is 2.42. The van der Waals surface area contributed by atoms with Crippen LogP contribution in [0.3, 0.4) is 0 Å². The van der Waals surface area contributed by atoms with E-state index in [1.807, 2.05) is 12.1 Å². The molecule has 1 aromatic rings. The Morgan fingerprint density at radius 3 is 2.84 bits per heavy atom. The summed E-state index contributed by atoms with van der Waals surface area (Å²) < 4.78 is 6.10. The molecule has 25 heavy (non-hydrogen) atoms. The molecule has 2 saturated carbocycles. The van der Waals surface area contributed by atoms with Gasteiger partial charge < -0.3 is 9.84 Å². The van der Waals surface area contributed by atoms with E-state index in [-0.39, 0.29) is 17.0 Å². The Morgan fingerprint density at radius 2 is 2.00 bits per heavy atom. The van der Waals surface area contributed by atoms with Gasteiger partial charge >= 0.3 is 5.97 Å². The van der Waals surface area contributed by atoms with Crippen molar-refractivity contribution in [3.8, 4) is 5.75 Å². The van der Waals surface area contributed by atoms with Crippen molar-refractivity contribution in [3.63, 3.8) is 0 Å². The molecule has 3 aliphatic carbocycles. The van der Waals surface area contributed by atoms with Crippen LogP contribution in [0.5, 0.6) is 5.75 Å². The highest BCUT2D eigenvalue weighted by Crippen LogP contribution is 2.66. The molecule has 4 aliphatic rings. The smallest absolute Gasteiger partial charge is 0.306 e. The fourth-order valence-electron chi connectivity index (χ4n) is 7.08. The van der Waals surface area contributed by atoms with E-state index in [1.54, 1.807) is 0 Å². The Hall–Kier alpha value is -1.51. The highest BCUT2D eigenvalue weighted by atomic mass is 16.6. The third kappa shape index (κ3) is 2.07. The summed E-state index contributed by atoms with van der Waals surface area (Å²) in [7, 11) is 0. The second-order valence-electron chi connectivity index (χ2n) is 9.12. The van der Waals surface area contributed by atoms with E-state index < -0.39 is 0 Å². The molecular formula is C22H28O3. The van der Waals surface area contributed by atoms with Crippen LogP contribution < -0.4 is 0 Å². The summed E-state index contributed by atoms with van der Waals surface area (Å²) in [6.07, 6.45) is 9.57. The molecule has 3 fully saturated rings. The van der Waals surface area contributed by atoms with Gasteiger partial charge in [0.15, 0.2) is 0 Å². The quantitative estimate of drug-likeness (QED) is 0.696. The lowest BCUT2D eigenvalue weighted by Crippen LogP contribution is -2.54. The number of rotatable bonds is 0. The molecule has 0 unspecified atom stereocenters. The molecule has 0 radical (unpaired) electrons. The maximum Gasteiger partial charge on any atom is 0.306 e. The van der Waals surface area contributed by atoms with Crippen LogP contribution in [-0.2, 0) is 16.0 Å². The van der Waals surface area contributed by atoms with Crippen LogP contribution in [0.25, 0.3) is 0 Å². The number of esters is 1. The zero-order valence-electron chi connectivity index (χ0n) is 15.1. The fraction of sp³-hybridized carbons (Fsp3) is 0.682. The molecular weight excluding hydrogens is 312 g/mol. The van der Waals surface area contributed by atoms with E-state index in [2.05, 4.69) is 13.0 Å². The number of fused-ring (bicyclic) bond motifs is 6. The Balaban J connectivity index is 1.49. The molecule has 5 atom stereocenters. The molecule has 1 saturated heterocycles. The van der Waals surface area contributed by atoms with Crippen molar-refractivity contribution in [2.24, 2.45) is 17.3 Å². The van der Waals surface area contributed by atoms with Crippen molar-refractivity contribution in [1.82, 2.24) is 0 Å². The van der Waals surface area contributed by atoms with Crippen molar-refractivity contribution < 1.29 is 14.6 Å². The van der Waals surface area contributed by atoms with Gasteiger partial charge in [-0.3, -0.25) is 4.79 Å². The number of hydrogen-bond acceptors (Lipinski definition) is 3. The molecule has 0 amide bonds. The summed E-state index contributed by atoms with van der Waals surface area (Å²) in [6, 6.07) is 5.99. The Bertz CT molecular complexity index is 726. The number of hydrogen-bond donors (Lipinski definition) is 1. The van der Waals surface area contributed by atoms with Gasteiger partial charge in [-0.2, -0.15) is 0 Å². The minimum Gasteiger partial charge on any atom is -0.508 e. The van der Waals surface area contributed by atoms with Crippen molar-refractivity contribution in [1.29, 1.82) is 0 Å². The van der Waals surface area contributed by atoms with Gasteiger partial charge in [0.05, 0.1) is 0 Å². The largest absolute Gasteiger partial charge is 0.508 e. The van der Waals surface area contributed by atoms with Crippen LogP contribution in [0.4, 0.5) is 0 Å². The second-order valence-corrected chi connectivity index (χ2v) is 9.12. The minimum absolute atomic E-state index is 0.0275. The highest BCUT2D eigenvalue weighted by Gasteiger charge is 2.64. The normalized spacial score (nSPS) is 42.4. The van der Waals surface area contributed by atoms with E-state index in [0.29, 0.717) is 29.9 Å². The molecule has 1 heterocycles. The van der Waals surface area contributed by atoms with Crippen molar-refractivity contribution in [3.05, 3.63) is 29.3 Å². The SMILES string of the molecule is C[C@]12CC[C@@H]3c4ccc(O)cc4CC[C@H]3[C@@H]1CC[C@@]21CCCC(=O)O1. The Kier molecular flexibility index (Phi) is 3.30. The van der Waals surface area contributed by atoms with Gasteiger partial charge in [-0.15, -0.1) is 0 Å². The zero-order chi connectivity index (χ0) is 17.2. The van der Waals surface area contributed by atoms with Gasteiger partial charge in [0.25, 0.3) is 0 Å². The van der Waals surface area contributed by atoms with Crippen LogP contribution in [0, 0.1) is 17.3 Å². The predicted molar refractivity (Wildman–Crippen MR) is 95.4 cm³/mol. The number of aromatic hydroxyl groups is 1. The number of phenolic OH excluding ortho intramolecular Hbond substituents is 1. The van der Waals surface area contributed by atoms with Gasteiger partial charge in [-0.1, -0.05) is 13.0 Å². The average molecular weight is 340 g/mol. The number of aryl methyl sites for hydroxylation is 1. The van der Waals surface area contributed by atoms with Gasteiger partial charge in [-0.25, -0.2) is 0 Å². The highest BCUT2D eigenvalue weighted by molar-refractivity contribution is 5.71. The third-order valence-electron chi connectivity index (χ3n) is 8.27. The summed E-state index contributed by atoms with van der Waals surface area (Å²) in [5, 5.41) is 9.82. The molecule has 1 spiro atoms. The summed E-state index contributed by atoms with van der Waals surface area (Å²) >= 11 is 0. The van der Waals surface area contributed by atoms with Gasteiger partial charge in [0, 0.05) is 11.8 Å². The number of benzene rings is 1. The summed E-state index contributed by atoms with van der Waals surface area (Å²) in [5.41, 5.74) is 2.78. The maximum atomic E-state index is 12.1. The van der Waals surface area contributed by atoms with Crippen LogP contribution in [0.2, 0.25) is 0 Å². The fourth-order valence-corrected chi connectivity index (χ4v) is 7.08. The first kappa shape index (κ1) is 15.7. The first-order valence-corrected chi connectivity index (χ1v) is 10.1. The number of ether oxygens (including phenoxy) is 1. The van der Waals surface area contributed by atoms with E-state index in [0.717, 1.165) is 32.1 Å². The lowest BCUT2D eigenvalue weighted by Gasteiger charge is -2.55. The average Bonchev–Trinajstić information content (AvgIpc) is 2.86. The van der Waals surface area contributed by atoms with Gasteiger partial charge in [-0.05, 0) is 92.4 Å². The van der Waals surface area contributed by atoms with Crippen molar-refractivity contribution >= 4 is 5.97 Å².